The smallest absolute Gasteiger partial charge is 0.338 e. The van der Waals surface area contributed by atoms with Crippen molar-refractivity contribution in [3.8, 4) is 0 Å². The number of nitrogens with two attached hydrogens (primary N) is 1. The van der Waals surface area contributed by atoms with Crippen molar-refractivity contribution in [1.29, 1.82) is 0 Å². The number of rotatable bonds is 3. The van der Waals surface area contributed by atoms with Crippen LogP contribution in [0.15, 0.2) is 28.7 Å². The average Bonchev–Trinajstić information content (AvgIpc) is 2.39. The molecule has 0 saturated heterocycles. The van der Waals surface area contributed by atoms with Gasteiger partial charge in [0.15, 0.2) is 0 Å². The number of hydrogen-bond acceptors (Lipinski definition) is 3. The standard InChI is InChI=1S/C15H14BrFN2O2/c1-7-3-9(4-8(2)14(7)16)19-13-6-11(17)10(15(20)21)5-12(13)18/h3-6,19H,18H2,1-2H3,(H,20,21). The number of benzene rings is 2. The Labute approximate surface area is 129 Å². The Morgan fingerprint density at radius 3 is 2.33 bits per heavy atom. The molecule has 0 saturated carbocycles. The number of carbonyl (C=O) groups is 1. The maximum Gasteiger partial charge on any atom is 0.338 e. The van der Waals surface area contributed by atoms with Gasteiger partial charge in [0.2, 0.25) is 0 Å². The number of aromatic carboxylic acids is 1. The van der Waals surface area contributed by atoms with Gasteiger partial charge in [-0.05, 0) is 43.2 Å². The number of nitrogen functional groups attached to an aromatic ring is 1. The van der Waals surface area contributed by atoms with E-state index in [0.717, 1.165) is 33.4 Å². The van der Waals surface area contributed by atoms with E-state index in [4.69, 9.17) is 10.8 Å². The monoisotopic (exact) mass is 352 g/mol. The minimum Gasteiger partial charge on any atom is -0.478 e. The van der Waals surface area contributed by atoms with Crippen LogP contribution in [-0.2, 0) is 0 Å². The third-order valence-electron chi connectivity index (χ3n) is 3.09. The molecule has 0 aliphatic carbocycles. The second-order valence-corrected chi connectivity index (χ2v) is 5.57. The van der Waals surface area contributed by atoms with Crippen LogP contribution in [0.2, 0.25) is 0 Å². The van der Waals surface area contributed by atoms with Gasteiger partial charge < -0.3 is 16.2 Å². The second kappa shape index (κ2) is 5.73. The fourth-order valence-electron chi connectivity index (χ4n) is 2.04. The molecular formula is C15H14BrFN2O2. The van der Waals surface area contributed by atoms with Gasteiger partial charge in [0.1, 0.15) is 5.82 Å². The van der Waals surface area contributed by atoms with Gasteiger partial charge >= 0.3 is 5.97 Å². The van der Waals surface area contributed by atoms with E-state index in [1.807, 2.05) is 26.0 Å². The van der Waals surface area contributed by atoms with Crippen molar-refractivity contribution >= 4 is 39.0 Å². The highest BCUT2D eigenvalue weighted by molar-refractivity contribution is 9.10. The molecule has 21 heavy (non-hydrogen) atoms. The van der Waals surface area contributed by atoms with Crippen LogP contribution >= 0.6 is 15.9 Å². The molecule has 0 atom stereocenters. The predicted molar refractivity (Wildman–Crippen MR) is 84.7 cm³/mol. The highest BCUT2D eigenvalue weighted by atomic mass is 79.9. The molecule has 6 heteroatoms. The van der Waals surface area contributed by atoms with Crippen LogP contribution in [0.3, 0.4) is 0 Å². The molecule has 0 aliphatic rings. The van der Waals surface area contributed by atoms with Crippen LogP contribution in [0.5, 0.6) is 0 Å². The summed E-state index contributed by atoms with van der Waals surface area (Å²) < 4.78 is 14.7. The lowest BCUT2D eigenvalue weighted by molar-refractivity contribution is 0.0692. The zero-order valence-electron chi connectivity index (χ0n) is 11.5. The molecule has 0 aliphatic heterocycles. The summed E-state index contributed by atoms with van der Waals surface area (Å²) in [5, 5.41) is 11.9. The van der Waals surface area contributed by atoms with Crippen molar-refractivity contribution < 1.29 is 14.3 Å². The van der Waals surface area contributed by atoms with Crippen molar-refractivity contribution in [3.05, 3.63) is 51.2 Å². The molecule has 0 aromatic heterocycles. The number of nitrogens with one attached hydrogen (secondary N) is 1. The van der Waals surface area contributed by atoms with E-state index in [1.54, 1.807) is 0 Å². The Kier molecular flexibility index (Phi) is 4.18. The molecule has 2 rings (SSSR count). The first kappa shape index (κ1) is 15.3. The lowest BCUT2D eigenvalue weighted by Crippen LogP contribution is -2.05. The molecular weight excluding hydrogens is 339 g/mol. The number of hydrogen-bond donors (Lipinski definition) is 3. The molecule has 0 fully saturated rings. The summed E-state index contributed by atoms with van der Waals surface area (Å²) in [5.74, 6) is -2.18. The van der Waals surface area contributed by atoms with Crippen LogP contribution in [0.1, 0.15) is 21.5 Å². The Morgan fingerprint density at radius 2 is 1.81 bits per heavy atom. The maximum absolute atomic E-state index is 13.7. The normalized spacial score (nSPS) is 10.5. The van der Waals surface area contributed by atoms with Crippen LogP contribution < -0.4 is 11.1 Å². The van der Waals surface area contributed by atoms with Crippen molar-refractivity contribution in [2.24, 2.45) is 0 Å². The number of aryl methyl sites for hydroxylation is 2. The highest BCUT2D eigenvalue weighted by Crippen LogP contribution is 2.30. The molecule has 0 spiro atoms. The molecule has 0 heterocycles. The van der Waals surface area contributed by atoms with Crippen molar-refractivity contribution in [1.82, 2.24) is 0 Å². The number of halogens is 2. The van der Waals surface area contributed by atoms with Gasteiger partial charge in [-0.1, -0.05) is 15.9 Å². The van der Waals surface area contributed by atoms with E-state index in [1.165, 1.54) is 0 Å². The Hall–Kier alpha value is -2.08. The zero-order valence-corrected chi connectivity index (χ0v) is 13.1. The highest BCUT2D eigenvalue weighted by Gasteiger charge is 2.14. The molecule has 2 aromatic rings. The van der Waals surface area contributed by atoms with Crippen LogP contribution in [0.4, 0.5) is 21.5 Å². The lowest BCUT2D eigenvalue weighted by atomic mass is 10.1. The minimum absolute atomic E-state index is 0.173. The first-order chi connectivity index (χ1) is 9.79. The van der Waals surface area contributed by atoms with Crippen molar-refractivity contribution in [2.75, 3.05) is 11.1 Å². The topological polar surface area (TPSA) is 75.3 Å². The van der Waals surface area contributed by atoms with E-state index in [9.17, 15) is 9.18 Å². The molecule has 4 N–H and O–H groups in total. The average molecular weight is 353 g/mol. The van der Waals surface area contributed by atoms with Crippen LogP contribution in [0, 0.1) is 19.7 Å². The van der Waals surface area contributed by atoms with Gasteiger partial charge in [-0.2, -0.15) is 0 Å². The summed E-state index contributed by atoms with van der Waals surface area (Å²) in [6.07, 6.45) is 0. The molecule has 2 aromatic carbocycles. The van der Waals surface area contributed by atoms with Gasteiger partial charge in [-0.3, -0.25) is 0 Å². The third-order valence-corrected chi connectivity index (χ3v) is 4.34. The summed E-state index contributed by atoms with van der Waals surface area (Å²) in [6.45, 7) is 3.89. The molecule has 4 nitrogen and oxygen atoms in total. The number of carboxylic acids is 1. The van der Waals surface area contributed by atoms with Crippen molar-refractivity contribution in [3.63, 3.8) is 0 Å². The lowest BCUT2D eigenvalue weighted by Gasteiger charge is -2.13. The maximum atomic E-state index is 13.7. The molecule has 0 amide bonds. The van der Waals surface area contributed by atoms with E-state index >= 15 is 0 Å². The first-order valence-electron chi connectivity index (χ1n) is 6.15. The Morgan fingerprint density at radius 1 is 1.24 bits per heavy atom. The van der Waals surface area contributed by atoms with Gasteiger partial charge in [0.05, 0.1) is 16.9 Å². The summed E-state index contributed by atoms with van der Waals surface area (Å²) in [4.78, 5) is 10.8. The van der Waals surface area contributed by atoms with E-state index < -0.39 is 17.3 Å². The SMILES string of the molecule is Cc1cc(Nc2cc(F)c(C(=O)O)cc2N)cc(C)c1Br. The van der Waals surface area contributed by atoms with Gasteiger partial charge in [0.25, 0.3) is 0 Å². The van der Waals surface area contributed by atoms with Crippen molar-refractivity contribution in [2.45, 2.75) is 13.8 Å². The fraction of sp³-hybridized carbons (Fsp3) is 0.133. The van der Waals surface area contributed by atoms with Gasteiger partial charge in [-0.25, -0.2) is 9.18 Å². The Balaban J connectivity index is 2.41. The summed E-state index contributed by atoms with van der Waals surface area (Å²) in [7, 11) is 0. The predicted octanol–water partition coefficient (Wildman–Crippen LogP) is 4.23. The zero-order chi connectivity index (χ0) is 15.7. The molecule has 110 valence electrons. The van der Waals surface area contributed by atoms with Gasteiger partial charge in [0, 0.05) is 16.2 Å². The van der Waals surface area contributed by atoms with E-state index in [-0.39, 0.29) is 5.69 Å². The minimum atomic E-state index is -1.35. The van der Waals surface area contributed by atoms with E-state index in [2.05, 4.69) is 21.2 Å². The first-order valence-corrected chi connectivity index (χ1v) is 6.95. The van der Waals surface area contributed by atoms with Gasteiger partial charge in [-0.15, -0.1) is 0 Å². The molecule has 0 bridgehead atoms. The third kappa shape index (κ3) is 3.16. The Bertz CT molecular complexity index is 709. The summed E-state index contributed by atoms with van der Waals surface area (Å²) in [6, 6.07) is 5.98. The largest absolute Gasteiger partial charge is 0.478 e. The fourth-order valence-corrected chi connectivity index (χ4v) is 2.26. The summed E-state index contributed by atoms with van der Waals surface area (Å²) >= 11 is 3.47. The number of carboxylic acid groups (broad SMARTS) is 1. The second-order valence-electron chi connectivity index (χ2n) is 4.77. The quantitative estimate of drug-likeness (QED) is 0.722. The molecule has 0 radical (unpaired) electrons. The number of anilines is 3. The molecule has 0 unspecified atom stereocenters. The van der Waals surface area contributed by atoms with Crippen LogP contribution in [-0.4, -0.2) is 11.1 Å². The summed E-state index contributed by atoms with van der Waals surface area (Å²) in [5.41, 5.74) is 8.65. The van der Waals surface area contributed by atoms with E-state index in [0.29, 0.717) is 5.69 Å². The van der Waals surface area contributed by atoms with Crippen LogP contribution in [0.25, 0.3) is 0 Å².